The quantitative estimate of drug-likeness (QED) is 0.198. The summed E-state index contributed by atoms with van der Waals surface area (Å²) in [6.45, 7) is 0. The molecule has 33 heavy (non-hydrogen) atoms. The molecule has 0 atom stereocenters. The molecule has 1 amide bonds. The molecule has 0 aromatic heterocycles. The van der Waals surface area contributed by atoms with Gasteiger partial charge in [0.25, 0.3) is 0 Å². The maximum atomic E-state index is 12.2. The summed E-state index contributed by atoms with van der Waals surface area (Å²) >= 11 is 0. The molecule has 4 N–H and O–H groups in total. The number of ether oxygens (including phenoxy) is 3. The third-order valence-corrected chi connectivity index (χ3v) is 4.77. The molecule has 0 aliphatic heterocycles. The predicted molar refractivity (Wildman–Crippen MR) is 132 cm³/mol. The summed E-state index contributed by atoms with van der Waals surface area (Å²) in [5, 5.41) is 13.0. The first kappa shape index (κ1) is 23.3. The first-order valence-corrected chi connectivity index (χ1v) is 10.1. The van der Waals surface area contributed by atoms with E-state index >= 15 is 0 Å². The lowest BCUT2D eigenvalue weighted by atomic mass is 10.1. The highest BCUT2D eigenvalue weighted by atomic mass is 16.5. The Bertz CT molecular complexity index is 1180. The van der Waals surface area contributed by atoms with Gasteiger partial charge in [-0.2, -0.15) is 0 Å². The highest BCUT2D eigenvalue weighted by Crippen LogP contribution is 2.38. The number of phenolic OH excluding ortho intramolecular Hbond substituents is 1. The van der Waals surface area contributed by atoms with E-state index in [1.54, 1.807) is 57.7 Å². The van der Waals surface area contributed by atoms with Crippen LogP contribution < -0.4 is 25.3 Å². The summed E-state index contributed by atoms with van der Waals surface area (Å²) in [7, 11) is 4.66. The Balaban J connectivity index is 1.72. The van der Waals surface area contributed by atoms with Crippen LogP contribution in [0.4, 0.5) is 11.4 Å². The van der Waals surface area contributed by atoms with Crippen LogP contribution in [-0.2, 0) is 4.79 Å². The number of carbonyl (C=O) groups excluding carboxylic acids is 1. The molecule has 0 unspecified atom stereocenters. The molecule has 0 heterocycles. The maximum absolute atomic E-state index is 12.2. The fraction of sp³-hybridized carbons (Fsp3) is 0.115. The minimum absolute atomic E-state index is 0.0484. The minimum atomic E-state index is -0.367. The van der Waals surface area contributed by atoms with Crippen LogP contribution in [0.1, 0.15) is 16.7 Å². The van der Waals surface area contributed by atoms with Crippen LogP contribution in [0.5, 0.6) is 23.0 Å². The predicted octanol–water partition coefficient (Wildman–Crippen LogP) is 4.82. The van der Waals surface area contributed by atoms with E-state index in [1.807, 2.05) is 36.4 Å². The number of hydrogen-bond acceptors (Lipinski definition) is 6. The number of rotatable bonds is 8. The van der Waals surface area contributed by atoms with Crippen molar-refractivity contribution in [1.29, 1.82) is 0 Å². The smallest absolute Gasteiger partial charge is 0.248 e. The van der Waals surface area contributed by atoms with Crippen molar-refractivity contribution in [3.8, 4) is 23.0 Å². The molecule has 0 saturated heterocycles. The Hall–Kier alpha value is -4.39. The number of anilines is 2. The molecule has 7 nitrogen and oxygen atoms in total. The van der Waals surface area contributed by atoms with Crippen molar-refractivity contribution < 1.29 is 24.1 Å². The average Bonchev–Trinajstić information content (AvgIpc) is 2.82. The minimum Gasteiger partial charge on any atom is -0.506 e. The third kappa shape index (κ3) is 6.07. The fourth-order valence-electron chi connectivity index (χ4n) is 3.16. The monoisotopic (exact) mass is 446 g/mol. The Labute approximate surface area is 192 Å². The van der Waals surface area contributed by atoms with Gasteiger partial charge in [0.1, 0.15) is 5.75 Å². The topological polar surface area (TPSA) is 103 Å². The van der Waals surface area contributed by atoms with E-state index in [0.717, 1.165) is 16.7 Å². The highest BCUT2D eigenvalue weighted by Gasteiger charge is 2.12. The third-order valence-electron chi connectivity index (χ3n) is 4.77. The first-order valence-electron chi connectivity index (χ1n) is 10.1. The van der Waals surface area contributed by atoms with Gasteiger partial charge >= 0.3 is 0 Å². The lowest BCUT2D eigenvalue weighted by Gasteiger charge is -2.12. The van der Waals surface area contributed by atoms with Gasteiger partial charge in [-0.25, -0.2) is 0 Å². The van der Waals surface area contributed by atoms with Crippen molar-refractivity contribution in [1.82, 2.24) is 0 Å². The van der Waals surface area contributed by atoms with E-state index < -0.39 is 0 Å². The molecule has 0 radical (unpaired) electrons. The normalized spacial score (nSPS) is 11.0. The molecule has 0 bridgehead atoms. The van der Waals surface area contributed by atoms with Gasteiger partial charge in [-0.3, -0.25) is 4.79 Å². The van der Waals surface area contributed by atoms with E-state index in [-0.39, 0.29) is 11.7 Å². The lowest BCUT2D eigenvalue weighted by molar-refractivity contribution is -0.111. The van der Waals surface area contributed by atoms with Gasteiger partial charge in [0.2, 0.25) is 11.7 Å². The summed E-state index contributed by atoms with van der Waals surface area (Å²) in [5.41, 5.74) is 9.04. The first-order chi connectivity index (χ1) is 15.9. The Morgan fingerprint density at radius 3 is 2.12 bits per heavy atom. The SMILES string of the molecule is COc1cc(C=Cc2ccc(NC(=O)/C=C/c3cccc(N)c3)c(O)c2)cc(OC)c1OC. The number of nitrogen functional groups attached to an aromatic ring is 1. The molecule has 7 heteroatoms. The number of nitrogens with one attached hydrogen (secondary N) is 1. The second-order valence-electron chi connectivity index (χ2n) is 7.06. The van der Waals surface area contributed by atoms with E-state index in [1.165, 1.54) is 6.08 Å². The molecule has 0 spiro atoms. The molecule has 0 fully saturated rings. The van der Waals surface area contributed by atoms with Gasteiger partial charge in [0.15, 0.2) is 11.5 Å². The van der Waals surface area contributed by atoms with Crippen molar-refractivity contribution in [3.63, 3.8) is 0 Å². The van der Waals surface area contributed by atoms with Gasteiger partial charge in [0, 0.05) is 11.8 Å². The van der Waals surface area contributed by atoms with Crippen molar-refractivity contribution in [2.45, 2.75) is 0 Å². The van der Waals surface area contributed by atoms with Crippen LogP contribution in [0, 0.1) is 0 Å². The molecular weight excluding hydrogens is 420 g/mol. The van der Waals surface area contributed by atoms with Crippen LogP contribution in [0.2, 0.25) is 0 Å². The zero-order valence-corrected chi connectivity index (χ0v) is 18.7. The summed E-state index contributed by atoms with van der Waals surface area (Å²) in [5.74, 6) is 1.19. The van der Waals surface area contributed by atoms with E-state index in [2.05, 4.69) is 5.32 Å². The number of amides is 1. The molecule has 0 saturated carbocycles. The van der Waals surface area contributed by atoms with Gasteiger partial charge < -0.3 is 30.4 Å². The summed E-state index contributed by atoms with van der Waals surface area (Å²) in [4.78, 5) is 12.2. The molecule has 3 aromatic carbocycles. The van der Waals surface area contributed by atoms with Crippen LogP contribution in [-0.4, -0.2) is 32.3 Å². The van der Waals surface area contributed by atoms with Crippen LogP contribution in [0.15, 0.2) is 60.7 Å². The lowest BCUT2D eigenvalue weighted by Crippen LogP contribution is -2.07. The summed E-state index contributed by atoms with van der Waals surface area (Å²) < 4.78 is 16.1. The standard InChI is InChI=1S/C26H26N2O5/c1-31-23-15-19(16-24(32-2)26(23)33-3)8-7-18-9-11-21(22(29)14-18)28-25(30)12-10-17-5-4-6-20(27)13-17/h4-16,29H,27H2,1-3H3,(H,28,30)/b8-7?,12-10+. The Morgan fingerprint density at radius 1 is 0.848 bits per heavy atom. The second kappa shape index (κ2) is 10.8. The second-order valence-corrected chi connectivity index (χ2v) is 7.06. The fourth-order valence-corrected chi connectivity index (χ4v) is 3.16. The van der Waals surface area contributed by atoms with Crippen LogP contribution in [0.3, 0.4) is 0 Å². The van der Waals surface area contributed by atoms with Gasteiger partial charge in [-0.1, -0.05) is 30.4 Å². The number of methoxy groups -OCH3 is 3. The van der Waals surface area contributed by atoms with Gasteiger partial charge in [0.05, 0.1) is 27.0 Å². The zero-order valence-electron chi connectivity index (χ0n) is 18.7. The molecule has 0 aliphatic carbocycles. The van der Waals surface area contributed by atoms with Crippen molar-refractivity contribution in [2.24, 2.45) is 0 Å². The highest BCUT2D eigenvalue weighted by molar-refractivity contribution is 6.02. The van der Waals surface area contributed by atoms with Crippen molar-refractivity contribution in [3.05, 3.63) is 77.4 Å². The summed E-state index contributed by atoms with van der Waals surface area (Å²) in [6.07, 6.45) is 6.71. The number of hydrogen-bond donors (Lipinski definition) is 3. The molecule has 0 aliphatic rings. The number of phenols is 1. The molecule has 170 valence electrons. The molecular formula is C26H26N2O5. The maximum Gasteiger partial charge on any atom is 0.248 e. The zero-order chi connectivity index (χ0) is 23.8. The van der Waals surface area contributed by atoms with E-state index in [4.69, 9.17) is 19.9 Å². The van der Waals surface area contributed by atoms with Gasteiger partial charge in [-0.15, -0.1) is 0 Å². The number of carbonyl (C=O) groups is 1. The van der Waals surface area contributed by atoms with E-state index in [9.17, 15) is 9.90 Å². The van der Waals surface area contributed by atoms with Crippen molar-refractivity contribution >= 4 is 35.5 Å². The average molecular weight is 447 g/mol. The Kier molecular flexibility index (Phi) is 7.60. The Morgan fingerprint density at radius 2 is 1.52 bits per heavy atom. The molecule has 3 aromatic rings. The van der Waals surface area contributed by atoms with E-state index in [0.29, 0.717) is 28.6 Å². The largest absolute Gasteiger partial charge is 0.506 e. The number of nitrogens with two attached hydrogens (primary N) is 1. The number of benzene rings is 3. The number of aromatic hydroxyl groups is 1. The summed E-state index contributed by atoms with van der Waals surface area (Å²) in [6, 6.07) is 15.8. The van der Waals surface area contributed by atoms with Gasteiger partial charge in [-0.05, 0) is 59.2 Å². The van der Waals surface area contributed by atoms with Crippen LogP contribution in [0.25, 0.3) is 18.2 Å². The molecule has 3 rings (SSSR count). The van der Waals surface area contributed by atoms with Crippen LogP contribution >= 0.6 is 0 Å². The van der Waals surface area contributed by atoms with Crippen molar-refractivity contribution in [2.75, 3.05) is 32.4 Å².